The molecule has 2 N–H and O–H groups in total. The van der Waals surface area contributed by atoms with Gasteiger partial charge in [-0.25, -0.2) is 0 Å². The summed E-state index contributed by atoms with van der Waals surface area (Å²) in [4.78, 5) is 11.0. The van der Waals surface area contributed by atoms with Crippen molar-refractivity contribution in [2.75, 3.05) is 5.75 Å². The second-order valence-corrected chi connectivity index (χ2v) is 6.81. The van der Waals surface area contributed by atoms with Crippen LogP contribution in [0.3, 0.4) is 0 Å². The number of benzene rings is 1. The first-order valence-corrected chi connectivity index (χ1v) is 7.38. The molecule has 1 aromatic carbocycles. The summed E-state index contributed by atoms with van der Waals surface area (Å²) in [6, 6.07) is 6.36. The first kappa shape index (κ1) is 13.7. The molecule has 1 aliphatic heterocycles. The predicted molar refractivity (Wildman–Crippen MR) is 71.8 cm³/mol. The van der Waals surface area contributed by atoms with Crippen LogP contribution in [0.5, 0.6) is 0 Å². The van der Waals surface area contributed by atoms with Gasteiger partial charge in [0.1, 0.15) is 0 Å². The smallest absolute Gasteiger partial charge is 0.269 e. The van der Waals surface area contributed by atoms with Crippen molar-refractivity contribution < 1.29 is 15.1 Å². The van der Waals surface area contributed by atoms with Crippen LogP contribution in [0.1, 0.15) is 6.42 Å². The molecule has 0 amide bonds. The molecule has 1 saturated heterocycles. The summed E-state index contributed by atoms with van der Waals surface area (Å²) >= 11 is 3.16. The van der Waals surface area contributed by atoms with Crippen molar-refractivity contribution >= 4 is 29.2 Å². The molecule has 0 saturated carbocycles. The summed E-state index contributed by atoms with van der Waals surface area (Å²) in [5, 5.41) is 29.5. The van der Waals surface area contributed by atoms with Gasteiger partial charge < -0.3 is 10.2 Å². The molecular weight excluding hydrogens is 274 g/mol. The Bertz CT molecular complexity index is 426. The van der Waals surface area contributed by atoms with Crippen molar-refractivity contribution in [3.63, 3.8) is 0 Å². The average molecular weight is 287 g/mol. The topological polar surface area (TPSA) is 83.6 Å². The number of nitrogens with zero attached hydrogens (tertiary/aromatic N) is 1. The number of hydrogen-bond acceptors (Lipinski definition) is 6. The third kappa shape index (κ3) is 3.38. The molecule has 1 aliphatic rings. The Balaban J connectivity index is 1.95. The number of aliphatic hydroxyl groups is 2. The van der Waals surface area contributed by atoms with Gasteiger partial charge in [-0.3, -0.25) is 10.1 Å². The highest BCUT2D eigenvalue weighted by atomic mass is 32.2. The van der Waals surface area contributed by atoms with Gasteiger partial charge in [-0.1, -0.05) is 0 Å². The minimum atomic E-state index is -0.679. The standard InChI is InChI=1S/C11H13NO4S2/c13-9-5-11(17-6-10(9)14)18-8-3-1-7(2-4-8)12(15)16/h1-4,9-11,13-14H,5-6H2/t9-,10+,11+/m0/s1. The average Bonchev–Trinajstić information content (AvgIpc) is 2.34. The molecule has 5 nitrogen and oxygen atoms in total. The van der Waals surface area contributed by atoms with Gasteiger partial charge in [0.25, 0.3) is 5.69 Å². The molecule has 3 atom stereocenters. The van der Waals surface area contributed by atoms with Crippen molar-refractivity contribution in [1.82, 2.24) is 0 Å². The highest BCUT2D eigenvalue weighted by molar-refractivity contribution is 8.17. The molecule has 0 aliphatic carbocycles. The van der Waals surface area contributed by atoms with Crippen LogP contribution in [0.15, 0.2) is 29.2 Å². The lowest BCUT2D eigenvalue weighted by atomic mass is 10.2. The van der Waals surface area contributed by atoms with Crippen LogP contribution in [0.4, 0.5) is 5.69 Å². The van der Waals surface area contributed by atoms with Gasteiger partial charge in [0, 0.05) is 22.8 Å². The van der Waals surface area contributed by atoms with E-state index in [4.69, 9.17) is 0 Å². The molecule has 0 radical (unpaired) electrons. The molecule has 0 aromatic heterocycles. The van der Waals surface area contributed by atoms with Crippen LogP contribution in [0, 0.1) is 10.1 Å². The van der Waals surface area contributed by atoms with E-state index in [0.717, 1.165) is 4.90 Å². The fourth-order valence-electron chi connectivity index (χ4n) is 1.62. The van der Waals surface area contributed by atoms with E-state index in [1.54, 1.807) is 35.7 Å². The minimum absolute atomic E-state index is 0.0751. The zero-order valence-corrected chi connectivity index (χ0v) is 11.1. The lowest BCUT2D eigenvalue weighted by Crippen LogP contribution is -2.35. The van der Waals surface area contributed by atoms with Gasteiger partial charge in [0.05, 0.1) is 21.7 Å². The van der Waals surface area contributed by atoms with E-state index >= 15 is 0 Å². The molecule has 1 fully saturated rings. The van der Waals surface area contributed by atoms with Crippen LogP contribution >= 0.6 is 23.5 Å². The van der Waals surface area contributed by atoms with E-state index < -0.39 is 17.1 Å². The van der Waals surface area contributed by atoms with E-state index in [2.05, 4.69) is 0 Å². The second kappa shape index (κ2) is 5.92. The zero-order chi connectivity index (χ0) is 13.1. The Morgan fingerprint density at radius 1 is 1.28 bits per heavy atom. The molecule has 0 unspecified atom stereocenters. The third-order valence-electron chi connectivity index (χ3n) is 2.65. The molecule has 1 aromatic rings. The van der Waals surface area contributed by atoms with Crippen LogP contribution in [-0.4, -0.2) is 37.7 Å². The molecule has 1 heterocycles. The molecule has 18 heavy (non-hydrogen) atoms. The van der Waals surface area contributed by atoms with E-state index in [9.17, 15) is 20.3 Å². The first-order valence-electron chi connectivity index (χ1n) is 5.45. The van der Waals surface area contributed by atoms with Crippen LogP contribution in [0.2, 0.25) is 0 Å². The number of aliphatic hydroxyl groups excluding tert-OH is 2. The monoisotopic (exact) mass is 287 g/mol. The molecule has 7 heteroatoms. The van der Waals surface area contributed by atoms with E-state index in [1.165, 1.54) is 12.1 Å². The number of hydrogen-bond donors (Lipinski definition) is 2. The van der Waals surface area contributed by atoms with Crippen molar-refractivity contribution in [3.05, 3.63) is 34.4 Å². The minimum Gasteiger partial charge on any atom is -0.390 e. The Morgan fingerprint density at radius 2 is 1.94 bits per heavy atom. The van der Waals surface area contributed by atoms with E-state index in [1.807, 2.05) is 0 Å². The lowest BCUT2D eigenvalue weighted by Gasteiger charge is -2.29. The Morgan fingerprint density at radius 3 is 2.50 bits per heavy atom. The molecule has 0 bridgehead atoms. The van der Waals surface area contributed by atoms with Crippen LogP contribution in [-0.2, 0) is 0 Å². The van der Waals surface area contributed by atoms with Gasteiger partial charge in [-0.05, 0) is 18.6 Å². The maximum Gasteiger partial charge on any atom is 0.269 e. The SMILES string of the molecule is O=[N+]([O-])c1ccc(S[C@@H]2C[C@H](O)[C@H](O)CS2)cc1. The summed E-state index contributed by atoms with van der Waals surface area (Å²) < 4.78 is 0.171. The molecule has 98 valence electrons. The fourth-order valence-corrected chi connectivity index (χ4v) is 4.32. The van der Waals surface area contributed by atoms with Crippen molar-refractivity contribution in [2.45, 2.75) is 28.1 Å². The zero-order valence-electron chi connectivity index (χ0n) is 9.43. The summed E-state index contributed by atoms with van der Waals surface area (Å²) in [7, 11) is 0. The number of non-ortho nitro benzene ring substituents is 1. The Hall–Kier alpha value is -0.760. The van der Waals surface area contributed by atoms with E-state index in [0.29, 0.717) is 12.2 Å². The fraction of sp³-hybridized carbons (Fsp3) is 0.455. The van der Waals surface area contributed by atoms with Gasteiger partial charge in [0.2, 0.25) is 0 Å². The summed E-state index contributed by atoms with van der Waals surface area (Å²) in [5.74, 6) is 0.520. The maximum atomic E-state index is 10.5. The highest BCUT2D eigenvalue weighted by Gasteiger charge is 2.28. The summed E-state index contributed by atoms with van der Waals surface area (Å²) in [6.07, 6.45) is -0.807. The quantitative estimate of drug-likeness (QED) is 0.652. The summed E-state index contributed by atoms with van der Waals surface area (Å²) in [5.41, 5.74) is 0.0751. The van der Waals surface area contributed by atoms with Gasteiger partial charge in [-0.15, -0.1) is 23.5 Å². The normalized spacial score (nSPS) is 28.0. The van der Waals surface area contributed by atoms with Gasteiger partial charge in [0.15, 0.2) is 0 Å². The third-order valence-corrected chi connectivity index (χ3v) is 5.44. The molecule has 2 rings (SSSR count). The van der Waals surface area contributed by atoms with Gasteiger partial charge in [-0.2, -0.15) is 0 Å². The lowest BCUT2D eigenvalue weighted by molar-refractivity contribution is -0.384. The van der Waals surface area contributed by atoms with Crippen LogP contribution in [0.25, 0.3) is 0 Å². The molecule has 0 spiro atoms. The first-order chi connectivity index (χ1) is 8.56. The van der Waals surface area contributed by atoms with Crippen molar-refractivity contribution in [1.29, 1.82) is 0 Å². The number of nitro groups is 1. The van der Waals surface area contributed by atoms with Crippen molar-refractivity contribution in [3.8, 4) is 0 Å². The highest BCUT2D eigenvalue weighted by Crippen LogP contribution is 2.38. The van der Waals surface area contributed by atoms with E-state index in [-0.39, 0.29) is 10.3 Å². The number of thioether (sulfide) groups is 2. The summed E-state index contributed by atoms with van der Waals surface area (Å²) in [6.45, 7) is 0. The Kier molecular flexibility index (Phi) is 4.50. The molecular formula is C11H13NO4S2. The number of nitro benzene ring substituents is 1. The predicted octanol–water partition coefficient (Wildman–Crippen LogP) is 1.87. The second-order valence-electron chi connectivity index (χ2n) is 4.00. The van der Waals surface area contributed by atoms with Crippen LogP contribution < -0.4 is 0 Å². The maximum absolute atomic E-state index is 10.5. The van der Waals surface area contributed by atoms with Crippen molar-refractivity contribution in [2.24, 2.45) is 0 Å². The largest absolute Gasteiger partial charge is 0.390 e. The van der Waals surface area contributed by atoms with Gasteiger partial charge >= 0.3 is 0 Å². The Labute approximate surface area is 113 Å². The number of rotatable bonds is 3.